The second-order valence-corrected chi connectivity index (χ2v) is 11.8. The van der Waals surface area contributed by atoms with E-state index in [0.29, 0.717) is 17.8 Å². The molecule has 9 heteroatoms. The normalized spacial score (nSPS) is 22.7. The number of nitrogens with one attached hydrogen (secondary N) is 2. The zero-order valence-corrected chi connectivity index (χ0v) is 25.3. The van der Waals surface area contributed by atoms with E-state index < -0.39 is 5.82 Å². The Kier molecular flexibility index (Phi) is 11.3. The van der Waals surface area contributed by atoms with E-state index in [-0.39, 0.29) is 41.8 Å². The van der Waals surface area contributed by atoms with Gasteiger partial charge >= 0.3 is 0 Å². The number of halogens is 2. The molecule has 2 atom stereocenters. The molecule has 4 N–H and O–H groups in total. The fourth-order valence-electron chi connectivity index (χ4n) is 6.04. The second kappa shape index (κ2) is 14.9. The number of piperazine rings is 1. The number of nitrogens with zero attached hydrogens (tertiary/aromatic N) is 2. The van der Waals surface area contributed by atoms with Crippen LogP contribution in [0.25, 0.3) is 11.1 Å². The van der Waals surface area contributed by atoms with Crippen molar-refractivity contribution < 1.29 is 13.9 Å². The minimum absolute atomic E-state index is 0. The maximum absolute atomic E-state index is 14.1. The zero-order chi connectivity index (χ0) is 28.8. The highest BCUT2D eigenvalue weighted by Crippen LogP contribution is 2.29. The molecular formula is C33H43ClFN5O2. The molecular weight excluding hydrogens is 553 g/mol. The number of aromatic nitrogens is 1. The number of hydrogen-bond acceptors (Lipinski definition) is 6. The van der Waals surface area contributed by atoms with Gasteiger partial charge in [-0.05, 0) is 93.8 Å². The minimum Gasteiger partial charge on any atom is -0.438 e. The average molecular weight is 596 g/mol. The number of carbonyl (C=O) groups is 1. The van der Waals surface area contributed by atoms with Crippen molar-refractivity contribution in [3.63, 3.8) is 0 Å². The topological polar surface area (TPSA) is 92.5 Å². The molecule has 2 heterocycles. The van der Waals surface area contributed by atoms with E-state index in [2.05, 4.69) is 58.6 Å². The molecule has 226 valence electrons. The number of rotatable bonds is 9. The largest absolute Gasteiger partial charge is 0.438 e. The van der Waals surface area contributed by atoms with Gasteiger partial charge in [0.2, 0.25) is 5.88 Å². The van der Waals surface area contributed by atoms with Gasteiger partial charge in [-0.3, -0.25) is 4.79 Å². The molecule has 2 fully saturated rings. The van der Waals surface area contributed by atoms with Crippen LogP contribution in [-0.4, -0.2) is 59.6 Å². The Morgan fingerprint density at radius 3 is 2.48 bits per heavy atom. The Labute approximate surface area is 254 Å². The van der Waals surface area contributed by atoms with Crippen molar-refractivity contribution in [2.45, 2.75) is 76.5 Å². The molecule has 3 aromatic rings. The Bertz CT molecular complexity index is 1310. The third-order valence-corrected chi connectivity index (χ3v) is 8.08. The highest BCUT2D eigenvalue weighted by molar-refractivity contribution is 5.96. The van der Waals surface area contributed by atoms with Gasteiger partial charge in [-0.15, -0.1) is 12.4 Å². The molecule has 1 aliphatic carbocycles. The van der Waals surface area contributed by atoms with Gasteiger partial charge in [-0.2, -0.15) is 0 Å². The molecule has 2 aliphatic rings. The highest BCUT2D eigenvalue weighted by atomic mass is 35.5. The number of carbonyl (C=O) groups excluding carboxylic acids is 1. The Morgan fingerprint density at radius 2 is 1.76 bits per heavy atom. The van der Waals surface area contributed by atoms with Gasteiger partial charge in [-0.25, -0.2) is 9.37 Å². The van der Waals surface area contributed by atoms with E-state index in [9.17, 15) is 9.18 Å². The molecule has 0 radical (unpaired) electrons. The van der Waals surface area contributed by atoms with Crippen LogP contribution >= 0.6 is 12.4 Å². The van der Waals surface area contributed by atoms with Gasteiger partial charge < -0.3 is 26.0 Å². The number of ether oxygens (including phenoxy) is 1. The quantitative estimate of drug-likeness (QED) is 0.293. The maximum Gasteiger partial charge on any atom is 0.257 e. The first-order chi connectivity index (χ1) is 19.8. The molecule has 1 saturated heterocycles. The average Bonchev–Trinajstić information content (AvgIpc) is 2.95. The zero-order valence-electron chi connectivity index (χ0n) is 24.5. The molecule has 0 unspecified atom stereocenters. The van der Waals surface area contributed by atoms with Crippen LogP contribution < -0.4 is 21.1 Å². The van der Waals surface area contributed by atoms with Crippen molar-refractivity contribution in [3.8, 4) is 22.8 Å². The van der Waals surface area contributed by atoms with Gasteiger partial charge in [0.1, 0.15) is 17.1 Å². The Morgan fingerprint density at radius 1 is 1.05 bits per heavy atom. The lowest BCUT2D eigenvalue weighted by Crippen LogP contribution is -2.54. The molecule has 7 nitrogen and oxygen atoms in total. The van der Waals surface area contributed by atoms with Crippen LogP contribution in [0.4, 0.5) is 4.39 Å². The summed E-state index contributed by atoms with van der Waals surface area (Å²) in [5, 5.41) is 6.59. The van der Waals surface area contributed by atoms with Crippen LogP contribution in [0, 0.1) is 5.82 Å². The van der Waals surface area contributed by atoms with Crippen molar-refractivity contribution in [1.82, 2.24) is 20.5 Å². The number of nitrogens with two attached hydrogens (primary N) is 1. The molecule has 0 bridgehead atoms. The lowest BCUT2D eigenvalue weighted by Gasteiger charge is -2.36. The van der Waals surface area contributed by atoms with Gasteiger partial charge in [0.15, 0.2) is 0 Å². The fraction of sp³-hybridized carbons (Fsp3) is 0.455. The van der Waals surface area contributed by atoms with Crippen molar-refractivity contribution in [2.24, 2.45) is 5.73 Å². The standard InChI is InChI=1S/C33H42FN5O2.ClH/c1-22-20-39(21-23(2)37-22)16-4-5-24-8-10-25(11-9-24)26-6-3-7-30(17-26)41-33-31(18-27(34)19-36-33)32(40)38-29-14-12-28(35)13-15-29;/h3,6-11,17-19,22-23,28-29,37H,4-5,12-16,20-21,35H2,1-2H3,(H,38,40);1H/t22-,23+,28?,29?;. The summed E-state index contributed by atoms with van der Waals surface area (Å²) in [4.78, 5) is 19.7. The summed E-state index contributed by atoms with van der Waals surface area (Å²) in [6.45, 7) is 7.84. The van der Waals surface area contributed by atoms with Crippen LogP contribution in [-0.2, 0) is 6.42 Å². The Balaban J connectivity index is 0.00000405. The van der Waals surface area contributed by atoms with E-state index in [1.807, 2.05) is 24.3 Å². The van der Waals surface area contributed by atoms with Crippen LogP contribution in [0.2, 0.25) is 0 Å². The minimum atomic E-state index is -0.584. The summed E-state index contributed by atoms with van der Waals surface area (Å²) in [6.07, 6.45) is 6.58. The lowest BCUT2D eigenvalue weighted by molar-refractivity contribution is 0.0922. The van der Waals surface area contributed by atoms with Crippen molar-refractivity contribution in [2.75, 3.05) is 19.6 Å². The summed E-state index contributed by atoms with van der Waals surface area (Å²) >= 11 is 0. The smallest absolute Gasteiger partial charge is 0.257 e. The predicted octanol–water partition coefficient (Wildman–Crippen LogP) is 5.72. The van der Waals surface area contributed by atoms with Gasteiger partial charge in [0.05, 0.1) is 6.20 Å². The SMILES string of the molecule is C[C@@H]1CN(CCCc2ccc(-c3cccc(Oc4ncc(F)cc4C(=O)NC4CCC(N)CC4)c3)cc2)C[C@H](C)N1.Cl. The van der Waals surface area contributed by atoms with Crippen LogP contribution in [0.5, 0.6) is 11.6 Å². The summed E-state index contributed by atoms with van der Waals surface area (Å²) < 4.78 is 20.1. The Hall–Kier alpha value is -3.04. The summed E-state index contributed by atoms with van der Waals surface area (Å²) in [5.41, 5.74) is 9.46. The summed E-state index contributed by atoms with van der Waals surface area (Å²) in [7, 11) is 0. The summed E-state index contributed by atoms with van der Waals surface area (Å²) in [6, 6.07) is 18.8. The van der Waals surface area contributed by atoms with Crippen LogP contribution in [0.15, 0.2) is 60.8 Å². The van der Waals surface area contributed by atoms with Gasteiger partial charge in [0, 0.05) is 37.3 Å². The predicted molar refractivity (Wildman–Crippen MR) is 168 cm³/mol. The lowest BCUT2D eigenvalue weighted by atomic mass is 9.91. The molecule has 42 heavy (non-hydrogen) atoms. The van der Waals surface area contributed by atoms with E-state index in [0.717, 1.165) is 75.5 Å². The van der Waals surface area contributed by atoms with E-state index in [1.165, 1.54) is 11.6 Å². The van der Waals surface area contributed by atoms with Crippen molar-refractivity contribution in [1.29, 1.82) is 0 Å². The van der Waals surface area contributed by atoms with E-state index in [1.54, 1.807) is 0 Å². The van der Waals surface area contributed by atoms with Crippen LogP contribution in [0.3, 0.4) is 0 Å². The van der Waals surface area contributed by atoms with Gasteiger partial charge in [-0.1, -0.05) is 36.4 Å². The highest BCUT2D eigenvalue weighted by Gasteiger charge is 2.24. The third-order valence-electron chi connectivity index (χ3n) is 8.08. The number of hydrogen-bond donors (Lipinski definition) is 3. The monoisotopic (exact) mass is 595 g/mol. The first-order valence-corrected chi connectivity index (χ1v) is 14.9. The molecule has 5 rings (SSSR count). The van der Waals surface area contributed by atoms with E-state index >= 15 is 0 Å². The second-order valence-electron chi connectivity index (χ2n) is 11.8. The molecule has 0 spiro atoms. The van der Waals surface area contributed by atoms with Crippen molar-refractivity contribution >= 4 is 18.3 Å². The number of amides is 1. The fourth-order valence-corrected chi connectivity index (χ4v) is 6.04. The number of aryl methyl sites for hydroxylation is 1. The van der Waals surface area contributed by atoms with Gasteiger partial charge in [0.25, 0.3) is 5.91 Å². The first kappa shape index (κ1) is 31.9. The van der Waals surface area contributed by atoms with Crippen LogP contribution in [0.1, 0.15) is 61.9 Å². The molecule has 1 aliphatic heterocycles. The molecule has 1 amide bonds. The number of benzene rings is 2. The number of pyridine rings is 1. The molecule has 1 aromatic heterocycles. The molecule has 1 saturated carbocycles. The molecule has 2 aromatic carbocycles. The third kappa shape index (κ3) is 8.74. The van der Waals surface area contributed by atoms with E-state index in [4.69, 9.17) is 10.5 Å². The summed E-state index contributed by atoms with van der Waals surface area (Å²) in [5.74, 6) is -0.362. The maximum atomic E-state index is 14.1. The van der Waals surface area contributed by atoms with Crippen molar-refractivity contribution in [3.05, 3.63) is 77.7 Å². The first-order valence-electron chi connectivity index (χ1n) is 14.9.